The van der Waals surface area contributed by atoms with Crippen LogP contribution in [-0.2, 0) is 0 Å². The first-order valence-electron chi connectivity index (χ1n) is 6.47. The lowest BCUT2D eigenvalue weighted by Crippen LogP contribution is -2.21. The van der Waals surface area contributed by atoms with Crippen molar-refractivity contribution in [1.82, 2.24) is 9.88 Å². The van der Waals surface area contributed by atoms with Crippen LogP contribution in [0.5, 0.6) is 5.75 Å². The van der Waals surface area contributed by atoms with Crippen LogP contribution in [0.2, 0.25) is 0 Å². The molecule has 0 spiro atoms. The van der Waals surface area contributed by atoms with Gasteiger partial charge in [0, 0.05) is 19.7 Å². The fraction of sp³-hybridized carbons (Fsp3) is 0.125. The molecule has 0 aliphatic carbocycles. The van der Waals surface area contributed by atoms with Gasteiger partial charge in [-0.1, -0.05) is 12.1 Å². The lowest BCUT2D eigenvalue weighted by atomic mass is 10.2. The van der Waals surface area contributed by atoms with E-state index in [1.165, 1.54) is 16.2 Å². The number of thiazole rings is 1. The molecule has 1 N–H and O–H groups in total. The molecule has 106 valence electrons. The smallest absolute Gasteiger partial charge is 0.253 e. The zero-order chi connectivity index (χ0) is 15.0. The Morgan fingerprint density at radius 1 is 1.19 bits per heavy atom. The number of carbonyl (C=O) groups excluding carboxylic acids is 1. The number of aromatic hydroxyl groups is 1. The minimum Gasteiger partial charge on any atom is -0.507 e. The average Bonchev–Trinajstić information content (AvgIpc) is 2.89. The highest BCUT2D eigenvalue weighted by Crippen LogP contribution is 2.35. The van der Waals surface area contributed by atoms with Crippen LogP contribution in [-0.4, -0.2) is 35.0 Å². The second-order valence-electron chi connectivity index (χ2n) is 4.92. The number of rotatable bonds is 2. The van der Waals surface area contributed by atoms with Crippen LogP contribution >= 0.6 is 11.3 Å². The zero-order valence-corrected chi connectivity index (χ0v) is 12.5. The van der Waals surface area contributed by atoms with Crippen LogP contribution in [0, 0.1) is 0 Å². The van der Waals surface area contributed by atoms with Crippen LogP contribution in [0.4, 0.5) is 0 Å². The van der Waals surface area contributed by atoms with Crippen LogP contribution < -0.4 is 0 Å². The number of para-hydroxylation sites is 1. The third-order valence-electron chi connectivity index (χ3n) is 3.18. The maximum atomic E-state index is 12.0. The number of nitrogens with zero attached hydrogens (tertiary/aromatic N) is 2. The Morgan fingerprint density at radius 3 is 2.67 bits per heavy atom. The van der Waals surface area contributed by atoms with Gasteiger partial charge in [-0.3, -0.25) is 4.79 Å². The fourth-order valence-corrected chi connectivity index (χ4v) is 3.07. The SMILES string of the molecule is CN(C)C(=O)c1ccc2sc(-c3ccccc3O)nc2c1. The van der Waals surface area contributed by atoms with E-state index in [1.54, 1.807) is 38.4 Å². The minimum absolute atomic E-state index is 0.0472. The van der Waals surface area contributed by atoms with Crippen molar-refractivity contribution in [3.63, 3.8) is 0 Å². The molecular weight excluding hydrogens is 284 g/mol. The molecule has 4 nitrogen and oxygen atoms in total. The maximum absolute atomic E-state index is 12.0. The van der Waals surface area contributed by atoms with Gasteiger partial charge in [0.2, 0.25) is 0 Å². The first-order chi connectivity index (χ1) is 10.1. The van der Waals surface area contributed by atoms with Gasteiger partial charge in [-0.2, -0.15) is 0 Å². The lowest BCUT2D eigenvalue weighted by Gasteiger charge is -2.09. The quantitative estimate of drug-likeness (QED) is 0.789. The number of amides is 1. The van der Waals surface area contributed by atoms with Gasteiger partial charge in [-0.25, -0.2) is 4.98 Å². The predicted octanol–water partition coefficient (Wildman–Crippen LogP) is 3.37. The van der Waals surface area contributed by atoms with Gasteiger partial charge in [0.1, 0.15) is 10.8 Å². The van der Waals surface area contributed by atoms with E-state index in [9.17, 15) is 9.90 Å². The Morgan fingerprint density at radius 2 is 1.95 bits per heavy atom. The summed E-state index contributed by atoms with van der Waals surface area (Å²) in [5, 5.41) is 10.7. The molecular formula is C16H14N2O2S. The van der Waals surface area contributed by atoms with Crippen molar-refractivity contribution in [1.29, 1.82) is 0 Å². The second-order valence-corrected chi connectivity index (χ2v) is 5.95. The summed E-state index contributed by atoms with van der Waals surface area (Å²) in [5.41, 5.74) is 2.09. The highest BCUT2D eigenvalue weighted by atomic mass is 32.1. The molecule has 0 aliphatic rings. The summed E-state index contributed by atoms with van der Waals surface area (Å²) in [6, 6.07) is 12.6. The number of hydrogen-bond donors (Lipinski definition) is 1. The summed E-state index contributed by atoms with van der Waals surface area (Å²) in [6.07, 6.45) is 0. The number of phenolic OH excluding ortho intramolecular Hbond substituents is 1. The highest BCUT2D eigenvalue weighted by molar-refractivity contribution is 7.21. The summed E-state index contributed by atoms with van der Waals surface area (Å²) < 4.78 is 0.989. The van der Waals surface area contributed by atoms with E-state index in [4.69, 9.17) is 0 Å². The van der Waals surface area contributed by atoms with Crippen LogP contribution in [0.25, 0.3) is 20.8 Å². The maximum Gasteiger partial charge on any atom is 0.253 e. The Kier molecular flexibility index (Phi) is 3.35. The van der Waals surface area contributed by atoms with E-state index in [1.807, 2.05) is 18.2 Å². The summed E-state index contributed by atoms with van der Waals surface area (Å²) in [5.74, 6) is 0.162. The summed E-state index contributed by atoms with van der Waals surface area (Å²) in [6.45, 7) is 0. The van der Waals surface area contributed by atoms with Gasteiger partial charge in [0.25, 0.3) is 5.91 Å². The number of fused-ring (bicyclic) bond motifs is 1. The Hall–Kier alpha value is -2.40. The largest absolute Gasteiger partial charge is 0.507 e. The van der Waals surface area contributed by atoms with Crippen molar-refractivity contribution in [2.45, 2.75) is 0 Å². The van der Waals surface area contributed by atoms with Crippen molar-refractivity contribution in [3.05, 3.63) is 48.0 Å². The van der Waals surface area contributed by atoms with Gasteiger partial charge < -0.3 is 10.0 Å². The third kappa shape index (κ3) is 2.48. The second kappa shape index (κ2) is 5.18. The van der Waals surface area contributed by atoms with Crippen LogP contribution in [0.15, 0.2) is 42.5 Å². The number of carbonyl (C=O) groups is 1. The number of benzene rings is 2. The van der Waals surface area contributed by atoms with E-state index in [-0.39, 0.29) is 11.7 Å². The van der Waals surface area contributed by atoms with Crippen molar-refractivity contribution in [2.24, 2.45) is 0 Å². The monoisotopic (exact) mass is 298 g/mol. The summed E-state index contributed by atoms with van der Waals surface area (Å²) >= 11 is 1.50. The zero-order valence-electron chi connectivity index (χ0n) is 11.7. The molecule has 1 heterocycles. The van der Waals surface area contributed by atoms with Crippen LogP contribution in [0.1, 0.15) is 10.4 Å². The topological polar surface area (TPSA) is 53.4 Å². The number of phenols is 1. The first-order valence-corrected chi connectivity index (χ1v) is 7.28. The van der Waals surface area contributed by atoms with Crippen molar-refractivity contribution < 1.29 is 9.90 Å². The molecule has 21 heavy (non-hydrogen) atoms. The predicted molar refractivity (Wildman–Crippen MR) is 84.7 cm³/mol. The molecule has 2 aromatic carbocycles. The van der Waals surface area contributed by atoms with Gasteiger partial charge in [0.05, 0.1) is 15.8 Å². The molecule has 0 aliphatic heterocycles. The number of hydrogen-bond acceptors (Lipinski definition) is 4. The average molecular weight is 298 g/mol. The Labute approximate surface area is 126 Å². The van der Waals surface area contributed by atoms with E-state index in [2.05, 4.69) is 4.98 Å². The normalized spacial score (nSPS) is 10.8. The van der Waals surface area contributed by atoms with Gasteiger partial charge in [0.15, 0.2) is 0 Å². The molecule has 1 aromatic heterocycles. The van der Waals surface area contributed by atoms with E-state index in [0.29, 0.717) is 11.1 Å². The molecule has 3 rings (SSSR count). The van der Waals surface area contributed by atoms with Gasteiger partial charge in [-0.15, -0.1) is 11.3 Å². The standard InChI is InChI=1S/C16H14N2O2S/c1-18(2)16(20)10-7-8-14-12(9-10)17-15(21-14)11-5-3-4-6-13(11)19/h3-9,19H,1-2H3. The molecule has 0 bridgehead atoms. The molecule has 0 fully saturated rings. The van der Waals surface area contributed by atoms with E-state index >= 15 is 0 Å². The molecule has 0 unspecified atom stereocenters. The molecule has 3 aromatic rings. The molecule has 5 heteroatoms. The molecule has 0 saturated carbocycles. The highest BCUT2D eigenvalue weighted by Gasteiger charge is 2.13. The van der Waals surface area contributed by atoms with E-state index in [0.717, 1.165) is 15.2 Å². The fourth-order valence-electron chi connectivity index (χ4n) is 2.09. The Balaban J connectivity index is 2.09. The van der Waals surface area contributed by atoms with E-state index < -0.39 is 0 Å². The van der Waals surface area contributed by atoms with Gasteiger partial charge >= 0.3 is 0 Å². The number of aromatic nitrogens is 1. The molecule has 0 atom stereocenters. The third-order valence-corrected chi connectivity index (χ3v) is 4.24. The first kappa shape index (κ1) is 13.6. The van der Waals surface area contributed by atoms with Crippen LogP contribution in [0.3, 0.4) is 0 Å². The van der Waals surface area contributed by atoms with Gasteiger partial charge in [-0.05, 0) is 30.3 Å². The van der Waals surface area contributed by atoms with Crippen molar-refractivity contribution in [3.8, 4) is 16.3 Å². The Bertz CT molecular complexity index is 824. The minimum atomic E-state index is -0.0472. The van der Waals surface area contributed by atoms with Crippen molar-refractivity contribution >= 4 is 27.5 Å². The summed E-state index contributed by atoms with van der Waals surface area (Å²) in [7, 11) is 3.45. The summed E-state index contributed by atoms with van der Waals surface area (Å²) in [4.78, 5) is 18.1. The molecule has 0 saturated heterocycles. The lowest BCUT2D eigenvalue weighted by molar-refractivity contribution is 0.0828. The molecule has 1 amide bonds. The molecule has 0 radical (unpaired) electrons. The van der Waals surface area contributed by atoms with Crippen molar-refractivity contribution in [2.75, 3.05) is 14.1 Å².